The van der Waals surface area contributed by atoms with E-state index in [0.29, 0.717) is 30.6 Å². The first-order chi connectivity index (χ1) is 14.3. The van der Waals surface area contributed by atoms with Crippen LogP contribution in [0.15, 0.2) is 48.5 Å². The molecule has 0 bridgehead atoms. The van der Waals surface area contributed by atoms with Gasteiger partial charge in [-0.1, -0.05) is 50.2 Å². The van der Waals surface area contributed by atoms with Gasteiger partial charge in [-0.15, -0.1) is 0 Å². The number of anilines is 1. The number of fused-ring (bicyclic) bond motifs is 1. The number of benzene rings is 2. The van der Waals surface area contributed by atoms with Gasteiger partial charge in [0.15, 0.2) is 12.4 Å². The molecule has 0 radical (unpaired) electrons. The van der Waals surface area contributed by atoms with Crippen LogP contribution >= 0.6 is 0 Å². The Morgan fingerprint density at radius 3 is 2.43 bits per heavy atom. The molecule has 158 valence electrons. The molecule has 0 saturated heterocycles. The number of carbonyl (C=O) groups is 3. The van der Waals surface area contributed by atoms with Crippen LogP contribution in [0.4, 0.5) is 5.69 Å². The maximum atomic E-state index is 12.6. The molecular weight excluding hydrogens is 382 g/mol. The van der Waals surface area contributed by atoms with Crippen molar-refractivity contribution in [1.82, 2.24) is 0 Å². The highest BCUT2D eigenvalue weighted by atomic mass is 16.5. The van der Waals surface area contributed by atoms with Gasteiger partial charge >= 0.3 is 5.97 Å². The summed E-state index contributed by atoms with van der Waals surface area (Å²) in [6.07, 6.45) is -0.340. The van der Waals surface area contributed by atoms with Crippen molar-refractivity contribution in [1.29, 1.82) is 0 Å². The monoisotopic (exact) mass is 409 g/mol. The van der Waals surface area contributed by atoms with E-state index in [-0.39, 0.29) is 12.0 Å². The number of carboxylic acid groups (broad SMARTS) is 1. The Bertz CT molecular complexity index is 924. The van der Waals surface area contributed by atoms with E-state index >= 15 is 0 Å². The van der Waals surface area contributed by atoms with E-state index in [2.05, 4.69) is 4.90 Å². The third-order valence-corrected chi connectivity index (χ3v) is 5.49. The molecule has 1 N–H and O–H groups in total. The van der Waals surface area contributed by atoms with Gasteiger partial charge in [0.2, 0.25) is 5.78 Å². The SMILES string of the molecule is CC(C)CC(Oc1cccc2c1C(C(=O)C=O)C(C)N2Cc1ccccc1)C(=O)O. The summed E-state index contributed by atoms with van der Waals surface area (Å²) in [7, 11) is 0. The van der Waals surface area contributed by atoms with Crippen molar-refractivity contribution in [3.8, 4) is 5.75 Å². The van der Waals surface area contributed by atoms with Gasteiger partial charge in [-0.25, -0.2) is 4.79 Å². The van der Waals surface area contributed by atoms with Gasteiger partial charge < -0.3 is 14.7 Å². The Morgan fingerprint density at radius 2 is 1.83 bits per heavy atom. The van der Waals surface area contributed by atoms with Gasteiger partial charge in [0.05, 0.1) is 5.92 Å². The van der Waals surface area contributed by atoms with Crippen LogP contribution in [0.3, 0.4) is 0 Å². The predicted molar refractivity (Wildman–Crippen MR) is 114 cm³/mol. The lowest BCUT2D eigenvalue weighted by Crippen LogP contribution is -2.34. The number of Topliss-reactive ketones (excluding diaryl/α,β-unsaturated/α-hetero) is 1. The van der Waals surface area contributed by atoms with Gasteiger partial charge in [0.25, 0.3) is 0 Å². The third-order valence-electron chi connectivity index (χ3n) is 5.49. The summed E-state index contributed by atoms with van der Waals surface area (Å²) < 4.78 is 5.91. The maximum absolute atomic E-state index is 12.6. The van der Waals surface area contributed by atoms with Crippen molar-refractivity contribution in [2.45, 2.75) is 51.8 Å². The number of aliphatic carboxylic acids is 1. The molecule has 3 rings (SSSR count). The van der Waals surface area contributed by atoms with Crippen molar-refractivity contribution in [2.24, 2.45) is 5.92 Å². The molecule has 3 unspecified atom stereocenters. The molecule has 0 spiro atoms. The molecule has 0 saturated carbocycles. The van der Waals surface area contributed by atoms with Gasteiger partial charge in [-0.2, -0.15) is 0 Å². The second-order valence-corrected chi connectivity index (χ2v) is 8.12. The second-order valence-electron chi connectivity index (χ2n) is 8.12. The summed E-state index contributed by atoms with van der Waals surface area (Å²) in [6, 6.07) is 14.9. The molecule has 0 aromatic heterocycles. The highest BCUT2D eigenvalue weighted by Crippen LogP contribution is 2.47. The first-order valence-corrected chi connectivity index (χ1v) is 10.2. The van der Waals surface area contributed by atoms with E-state index in [4.69, 9.17) is 4.74 Å². The zero-order valence-electron chi connectivity index (χ0n) is 17.4. The van der Waals surface area contributed by atoms with Crippen LogP contribution in [0.25, 0.3) is 0 Å². The number of carboxylic acids is 1. The van der Waals surface area contributed by atoms with Crippen LogP contribution in [0.2, 0.25) is 0 Å². The number of aldehydes is 1. The molecule has 1 aliphatic heterocycles. The summed E-state index contributed by atoms with van der Waals surface area (Å²) >= 11 is 0. The average molecular weight is 409 g/mol. The molecule has 6 heteroatoms. The topological polar surface area (TPSA) is 83.9 Å². The van der Waals surface area contributed by atoms with Gasteiger partial charge in [-0.3, -0.25) is 9.59 Å². The molecule has 1 aliphatic rings. The van der Waals surface area contributed by atoms with E-state index in [1.165, 1.54) is 0 Å². The Kier molecular flexibility index (Phi) is 6.55. The van der Waals surface area contributed by atoms with Crippen molar-refractivity contribution in [2.75, 3.05) is 4.90 Å². The highest BCUT2D eigenvalue weighted by Gasteiger charge is 2.42. The Balaban J connectivity index is 2.03. The second kappa shape index (κ2) is 9.11. The van der Waals surface area contributed by atoms with Crippen molar-refractivity contribution >= 4 is 23.7 Å². The first-order valence-electron chi connectivity index (χ1n) is 10.2. The summed E-state index contributed by atoms with van der Waals surface area (Å²) in [4.78, 5) is 37.8. The van der Waals surface area contributed by atoms with Crippen molar-refractivity contribution < 1.29 is 24.2 Å². The quantitative estimate of drug-likeness (QED) is 0.501. The zero-order chi connectivity index (χ0) is 21.8. The summed E-state index contributed by atoms with van der Waals surface area (Å²) in [5, 5.41) is 9.59. The van der Waals surface area contributed by atoms with Gasteiger partial charge in [0, 0.05) is 23.8 Å². The molecule has 1 heterocycles. The number of ketones is 1. The minimum Gasteiger partial charge on any atom is -0.479 e. The largest absolute Gasteiger partial charge is 0.479 e. The fourth-order valence-electron chi connectivity index (χ4n) is 4.08. The molecule has 2 aromatic rings. The molecule has 30 heavy (non-hydrogen) atoms. The van der Waals surface area contributed by atoms with E-state index < -0.39 is 23.8 Å². The van der Waals surface area contributed by atoms with Crippen LogP contribution in [-0.2, 0) is 20.9 Å². The Labute approximate surface area is 176 Å². The first kappa shape index (κ1) is 21.6. The van der Waals surface area contributed by atoms with E-state index in [1.54, 1.807) is 12.1 Å². The molecule has 3 atom stereocenters. The van der Waals surface area contributed by atoms with E-state index in [0.717, 1.165) is 11.3 Å². The molecule has 0 fully saturated rings. The predicted octanol–water partition coefficient (Wildman–Crippen LogP) is 3.83. The van der Waals surface area contributed by atoms with Crippen LogP contribution in [-0.4, -0.2) is 35.3 Å². The van der Waals surface area contributed by atoms with Crippen LogP contribution in [0, 0.1) is 5.92 Å². The lowest BCUT2D eigenvalue weighted by Gasteiger charge is -2.26. The Morgan fingerprint density at radius 1 is 1.13 bits per heavy atom. The fraction of sp³-hybridized carbons (Fsp3) is 0.375. The minimum atomic E-state index is -1.05. The van der Waals surface area contributed by atoms with Crippen LogP contribution in [0.5, 0.6) is 5.75 Å². The van der Waals surface area contributed by atoms with Crippen molar-refractivity contribution in [3.63, 3.8) is 0 Å². The normalized spacial score (nSPS) is 18.7. The van der Waals surface area contributed by atoms with Gasteiger partial charge in [0.1, 0.15) is 5.75 Å². The zero-order valence-corrected chi connectivity index (χ0v) is 17.4. The molecule has 6 nitrogen and oxygen atoms in total. The molecule has 0 aliphatic carbocycles. The van der Waals surface area contributed by atoms with E-state index in [9.17, 15) is 19.5 Å². The Hall–Kier alpha value is -3.15. The van der Waals surface area contributed by atoms with Crippen LogP contribution < -0.4 is 9.64 Å². The lowest BCUT2D eigenvalue weighted by atomic mass is 9.91. The van der Waals surface area contributed by atoms with Crippen LogP contribution in [0.1, 0.15) is 44.2 Å². The number of rotatable bonds is 9. The highest BCUT2D eigenvalue weighted by molar-refractivity contribution is 6.28. The summed E-state index contributed by atoms with van der Waals surface area (Å²) in [6.45, 7) is 6.32. The number of ether oxygens (including phenoxy) is 1. The number of hydrogen-bond acceptors (Lipinski definition) is 5. The number of carbonyl (C=O) groups excluding carboxylic acids is 2. The standard InChI is InChI=1S/C24H27NO5/c1-15(2)12-21(24(28)29)30-20-11-7-10-18-23(20)22(19(27)14-26)16(3)25(18)13-17-8-5-4-6-9-17/h4-11,14-16,21-22H,12-13H2,1-3H3,(H,28,29). The average Bonchev–Trinajstić information content (AvgIpc) is 3.00. The maximum Gasteiger partial charge on any atom is 0.344 e. The molecular formula is C24H27NO5. The summed E-state index contributed by atoms with van der Waals surface area (Å²) in [5.41, 5.74) is 2.45. The molecule has 0 amide bonds. The third kappa shape index (κ3) is 4.37. The van der Waals surface area contributed by atoms with Crippen molar-refractivity contribution in [3.05, 3.63) is 59.7 Å². The molecule has 2 aromatic carbocycles. The minimum absolute atomic E-state index is 0.128. The lowest BCUT2D eigenvalue weighted by molar-refractivity contribution is -0.145. The number of hydrogen-bond donors (Lipinski definition) is 1. The van der Waals surface area contributed by atoms with E-state index in [1.807, 2.05) is 57.2 Å². The number of nitrogens with zero attached hydrogens (tertiary/aromatic N) is 1. The van der Waals surface area contributed by atoms with Gasteiger partial charge in [-0.05, 0) is 37.0 Å². The summed E-state index contributed by atoms with van der Waals surface area (Å²) in [5.74, 6) is -1.81. The smallest absolute Gasteiger partial charge is 0.344 e. The fourth-order valence-corrected chi connectivity index (χ4v) is 4.08.